The highest BCUT2D eigenvalue weighted by Gasteiger charge is 2.15. The Kier molecular flexibility index (Phi) is 4.02. The van der Waals surface area contributed by atoms with E-state index in [1.54, 1.807) is 7.11 Å². The fraction of sp³-hybridized carbons (Fsp3) is 0.500. The lowest BCUT2D eigenvalue weighted by atomic mass is 10.1. The molecule has 0 bridgehead atoms. The predicted molar refractivity (Wildman–Crippen MR) is 70.9 cm³/mol. The normalized spacial score (nSPS) is 17.1. The SMILES string of the molecule is CN=C(c1ccc(OC)cc1)N1CCCCC1. The summed E-state index contributed by atoms with van der Waals surface area (Å²) in [6.45, 7) is 2.25. The monoisotopic (exact) mass is 232 g/mol. The van der Waals surface area contributed by atoms with Gasteiger partial charge in [0.1, 0.15) is 11.6 Å². The first kappa shape index (κ1) is 12.0. The van der Waals surface area contributed by atoms with Crippen LogP contribution in [-0.2, 0) is 0 Å². The fourth-order valence-electron chi connectivity index (χ4n) is 2.30. The second kappa shape index (κ2) is 5.71. The fourth-order valence-corrected chi connectivity index (χ4v) is 2.30. The zero-order valence-electron chi connectivity index (χ0n) is 10.6. The Morgan fingerprint density at radius 3 is 2.29 bits per heavy atom. The number of benzene rings is 1. The number of aliphatic imine (C=N–C) groups is 1. The van der Waals surface area contributed by atoms with Crippen molar-refractivity contribution in [2.75, 3.05) is 27.2 Å². The van der Waals surface area contributed by atoms with E-state index < -0.39 is 0 Å². The van der Waals surface area contributed by atoms with E-state index in [1.165, 1.54) is 24.8 Å². The Balaban J connectivity index is 2.16. The van der Waals surface area contributed by atoms with Crippen LogP contribution in [-0.4, -0.2) is 38.0 Å². The maximum atomic E-state index is 5.17. The molecule has 92 valence electrons. The van der Waals surface area contributed by atoms with Crippen molar-refractivity contribution in [3.63, 3.8) is 0 Å². The second-order valence-electron chi connectivity index (χ2n) is 4.32. The minimum absolute atomic E-state index is 0.892. The minimum atomic E-state index is 0.892. The number of hydrogen-bond acceptors (Lipinski definition) is 2. The molecular formula is C14H20N2O. The van der Waals surface area contributed by atoms with Gasteiger partial charge in [-0.25, -0.2) is 0 Å². The van der Waals surface area contributed by atoms with Crippen molar-refractivity contribution in [1.82, 2.24) is 4.90 Å². The maximum Gasteiger partial charge on any atom is 0.130 e. The van der Waals surface area contributed by atoms with E-state index in [0.717, 1.165) is 24.7 Å². The largest absolute Gasteiger partial charge is 0.497 e. The molecule has 0 unspecified atom stereocenters. The van der Waals surface area contributed by atoms with Gasteiger partial charge in [0.05, 0.1) is 7.11 Å². The molecule has 1 saturated heterocycles. The van der Waals surface area contributed by atoms with Crippen LogP contribution in [0.5, 0.6) is 5.75 Å². The molecule has 1 aliphatic heterocycles. The van der Waals surface area contributed by atoms with Crippen LogP contribution >= 0.6 is 0 Å². The van der Waals surface area contributed by atoms with Gasteiger partial charge in [-0.2, -0.15) is 0 Å². The Labute approximate surface area is 103 Å². The molecule has 0 N–H and O–H groups in total. The summed E-state index contributed by atoms with van der Waals surface area (Å²) >= 11 is 0. The molecule has 17 heavy (non-hydrogen) atoms. The van der Waals surface area contributed by atoms with Crippen LogP contribution in [0, 0.1) is 0 Å². The molecule has 0 aliphatic carbocycles. The van der Waals surface area contributed by atoms with Gasteiger partial charge >= 0.3 is 0 Å². The van der Waals surface area contributed by atoms with E-state index >= 15 is 0 Å². The zero-order valence-corrected chi connectivity index (χ0v) is 10.6. The molecule has 0 amide bonds. The highest BCUT2D eigenvalue weighted by Crippen LogP contribution is 2.16. The number of rotatable bonds is 2. The molecule has 0 radical (unpaired) electrons. The van der Waals surface area contributed by atoms with Crippen LogP contribution in [0.25, 0.3) is 0 Å². The van der Waals surface area contributed by atoms with Gasteiger partial charge in [0, 0.05) is 25.7 Å². The first-order valence-electron chi connectivity index (χ1n) is 6.21. The number of methoxy groups -OCH3 is 1. The molecule has 2 rings (SSSR count). The van der Waals surface area contributed by atoms with E-state index in [0.29, 0.717) is 0 Å². The quantitative estimate of drug-likeness (QED) is 0.578. The first-order valence-corrected chi connectivity index (χ1v) is 6.21. The Hall–Kier alpha value is -1.51. The van der Waals surface area contributed by atoms with Gasteiger partial charge in [-0.05, 0) is 43.5 Å². The van der Waals surface area contributed by atoms with Gasteiger partial charge in [0.2, 0.25) is 0 Å². The van der Waals surface area contributed by atoms with Gasteiger partial charge in [0.25, 0.3) is 0 Å². The molecule has 1 fully saturated rings. The van der Waals surface area contributed by atoms with Crippen LogP contribution in [0.15, 0.2) is 29.3 Å². The third kappa shape index (κ3) is 2.78. The van der Waals surface area contributed by atoms with Crippen molar-refractivity contribution in [1.29, 1.82) is 0 Å². The van der Waals surface area contributed by atoms with Crippen molar-refractivity contribution < 1.29 is 4.74 Å². The van der Waals surface area contributed by atoms with Gasteiger partial charge in [-0.1, -0.05) is 0 Å². The highest BCUT2D eigenvalue weighted by atomic mass is 16.5. The number of hydrogen-bond donors (Lipinski definition) is 0. The third-order valence-electron chi connectivity index (χ3n) is 3.22. The molecular weight excluding hydrogens is 212 g/mol. The minimum Gasteiger partial charge on any atom is -0.497 e. The van der Waals surface area contributed by atoms with Crippen molar-refractivity contribution >= 4 is 5.84 Å². The maximum absolute atomic E-state index is 5.17. The Morgan fingerprint density at radius 1 is 1.12 bits per heavy atom. The average molecular weight is 232 g/mol. The highest BCUT2D eigenvalue weighted by molar-refractivity contribution is 5.98. The number of likely N-dealkylation sites (tertiary alicyclic amines) is 1. The summed E-state index contributed by atoms with van der Waals surface area (Å²) in [5.74, 6) is 2.00. The van der Waals surface area contributed by atoms with Gasteiger partial charge in [0.15, 0.2) is 0 Å². The number of ether oxygens (including phenoxy) is 1. The number of amidine groups is 1. The molecule has 3 heteroatoms. The third-order valence-corrected chi connectivity index (χ3v) is 3.22. The summed E-state index contributed by atoms with van der Waals surface area (Å²) in [7, 11) is 3.56. The molecule has 3 nitrogen and oxygen atoms in total. The topological polar surface area (TPSA) is 24.8 Å². The number of piperidine rings is 1. The van der Waals surface area contributed by atoms with E-state index in [-0.39, 0.29) is 0 Å². The summed E-state index contributed by atoms with van der Waals surface area (Å²) in [6, 6.07) is 8.14. The van der Waals surface area contributed by atoms with E-state index in [4.69, 9.17) is 4.74 Å². The molecule has 1 aromatic rings. The summed E-state index contributed by atoms with van der Waals surface area (Å²) in [5.41, 5.74) is 1.18. The van der Waals surface area contributed by atoms with E-state index in [9.17, 15) is 0 Å². The molecule has 0 saturated carbocycles. The summed E-state index contributed by atoms with van der Waals surface area (Å²) in [4.78, 5) is 6.82. The predicted octanol–water partition coefficient (Wildman–Crippen LogP) is 2.56. The molecule has 0 spiro atoms. The van der Waals surface area contributed by atoms with Crippen LogP contribution < -0.4 is 4.74 Å². The molecule has 0 aromatic heterocycles. The van der Waals surface area contributed by atoms with Gasteiger partial charge in [-0.15, -0.1) is 0 Å². The lowest BCUT2D eigenvalue weighted by Crippen LogP contribution is -2.36. The smallest absolute Gasteiger partial charge is 0.130 e. The first-order chi connectivity index (χ1) is 8.35. The lowest BCUT2D eigenvalue weighted by molar-refractivity contribution is 0.342. The van der Waals surface area contributed by atoms with Crippen LogP contribution in [0.2, 0.25) is 0 Å². The summed E-state index contributed by atoms with van der Waals surface area (Å²) in [6.07, 6.45) is 3.89. The van der Waals surface area contributed by atoms with Gasteiger partial charge in [-0.3, -0.25) is 4.99 Å². The van der Waals surface area contributed by atoms with Gasteiger partial charge < -0.3 is 9.64 Å². The average Bonchev–Trinajstić information content (AvgIpc) is 2.42. The summed E-state index contributed by atoms with van der Waals surface area (Å²) in [5, 5.41) is 0. The molecule has 0 atom stereocenters. The van der Waals surface area contributed by atoms with Crippen molar-refractivity contribution in [2.24, 2.45) is 4.99 Å². The lowest BCUT2D eigenvalue weighted by Gasteiger charge is -2.29. The van der Waals surface area contributed by atoms with E-state index in [2.05, 4.69) is 22.0 Å². The molecule has 1 aromatic carbocycles. The van der Waals surface area contributed by atoms with Crippen LogP contribution in [0.4, 0.5) is 0 Å². The van der Waals surface area contributed by atoms with Crippen molar-refractivity contribution in [3.05, 3.63) is 29.8 Å². The number of nitrogens with zero attached hydrogens (tertiary/aromatic N) is 2. The van der Waals surface area contributed by atoms with E-state index in [1.807, 2.05) is 19.2 Å². The van der Waals surface area contributed by atoms with Crippen LogP contribution in [0.1, 0.15) is 24.8 Å². The summed E-state index contributed by atoms with van der Waals surface area (Å²) < 4.78 is 5.17. The molecule has 1 aliphatic rings. The second-order valence-corrected chi connectivity index (χ2v) is 4.32. The Morgan fingerprint density at radius 2 is 1.76 bits per heavy atom. The zero-order chi connectivity index (χ0) is 12.1. The van der Waals surface area contributed by atoms with Crippen molar-refractivity contribution in [2.45, 2.75) is 19.3 Å². The molecule has 1 heterocycles. The van der Waals surface area contributed by atoms with Crippen molar-refractivity contribution in [3.8, 4) is 5.75 Å². The standard InChI is InChI=1S/C14H20N2O/c1-15-14(16-10-4-3-5-11-16)12-6-8-13(17-2)9-7-12/h6-9H,3-5,10-11H2,1-2H3. The Bertz CT molecular complexity index is 378. The van der Waals surface area contributed by atoms with Crippen LogP contribution in [0.3, 0.4) is 0 Å².